The zero-order valence-corrected chi connectivity index (χ0v) is 14.0. The van der Waals surface area contributed by atoms with Crippen LogP contribution in [0, 0.1) is 0 Å². The van der Waals surface area contributed by atoms with Crippen molar-refractivity contribution in [3.8, 4) is 0 Å². The molecule has 0 aliphatic carbocycles. The fourth-order valence-electron chi connectivity index (χ4n) is 0.826. The highest BCUT2D eigenvalue weighted by Gasteiger charge is 2.52. The Balaban J connectivity index is 5.36. The summed E-state index contributed by atoms with van der Waals surface area (Å²) in [4.78, 5) is 0. The summed E-state index contributed by atoms with van der Waals surface area (Å²) >= 11 is 11.4. The standard InChI is InChI=1S/C7H16O6S5/c1-7(6-16,17(8,9)12-2-4-14)18(10,11)13-3-5-15/h14-16H,2-6H2,1H3. The van der Waals surface area contributed by atoms with Crippen LogP contribution in [0.15, 0.2) is 0 Å². The molecule has 6 nitrogen and oxygen atoms in total. The minimum absolute atomic E-state index is 0.138. The summed E-state index contributed by atoms with van der Waals surface area (Å²) in [5.41, 5.74) is 0. The van der Waals surface area contributed by atoms with Crippen molar-refractivity contribution in [1.29, 1.82) is 0 Å². The van der Waals surface area contributed by atoms with E-state index in [1.54, 1.807) is 0 Å². The van der Waals surface area contributed by atoms with Crippen LogP contribution >= 0.6 is 37.9 Å². The molecule has 110 valence electrons. The maximum Gasteiger partial charge on any atom is 0.290 e. The van der Waals surface area contributed by atoms with Gasteiger partial charge in [-0.3, -0.25) is 8.37 Å². The van der Waals surface area contributed by atoms with E-state index in [2.05, 4.69) is 46.3 Å². The largest absolute Gasteiger partial charge is 0.290 e. The molecule has 0 atom stereocenters. The van der Waals surface area contributed by atoms with Crippen molar-refractivity contribution in [2.45, 2.75) is 11.0 Å². The van der Waals surface area contributed by atoms with Crippen LogP contribution in [0.2, 0.25) is 0 Å². The molecule has 0 aliphatic heterocycles. The predicted octanol–water partition coefficient (Wildman–Crippen LogP) is 0.185. The van der Waals surface area contributed by atoms with E-state index < -0.39 is 30.1 Å². The second-order valence-corrected chi connectivity index (χ2v) is 8.85. The van der Waals surface area contributed by atoms with Gasteiger partial charge in [-0.05, 0) is 6.92 Å². The Hall–Kier alpha value is 0.870. The predicted molar refractivity (Wildman–Crippen MR) is 79.7 cm³/mol. The molecule has 0 heterocycles. The fraction of sp³-hybridized carbons (Fsp3) is 1.00. The van der Waals surface area contributed by atoms with Crippen molar-refractivity contribution in [2.24, 2.45) is 0 Å². The van der Waals surface area contributed by atoms with Gasteiger partial charge in [0.15, 0.2) is 0 Å². The Morgan fingerprint density at radius 2 is 1.22 bits per heavy atom. The molecule has 0 saturated heterocycles. The number of hydrogen-bond acceptors (Lipinski definition) is 9. The highest BCUT2D eigenvalue weighted by Crippen LogP contribution is 2.29. The average Bonchev–Trinajstić information content (AvgIpc) is 2.32. The van der Waals surface area contributed by atoms with Crippen LogP contribution < -0.4 is 0 Å². The van der Waals surface area contributed by atoms with Gasteiger partial charge in [0.25, 0.3) is 20.2 Å². The summed E-state index contributed by atoms with van der Waals surface area (Å²) in [7, 11) is -8.77. The van der Waals surface area contributed by atoms with Gasteiger partial charge < -0.3 is 0 Å². The topological polar surface area (TPSA) is 86.7 Å². The number of hydrogen-bond donors (Lipinski definition) is 3. The molecule has 0 amide bonds. The van der Waals surface area contributed by atoms with Crippen LogP contribution in [0.3, 0.4) is 0 Å². The molecule has 0 saturated carbocycles. The molecule has 18 heavy (non-hydrogen) atoms. The summed E-state index contributed by atoms with van der Waals surface area (Å²) in [5, 5.41) is 0. The summed E-state index contributed by atoms with van der Waals surface area (Å²) in [6.45, 7) is 0.537. The lowest BCUT2D eigenvalue weighted by atomic mass is 10.5. The molecule has 0 spiro atoms. The van der Waals surface area contributed by atoms with Gasteiger partial charge in [0, 0.05) is 17.3 Å². The molecule has 0 N–H and O–H groups in total. The Kier molecular flexibility index (Phi) is 7.97. The Labute approximate surface area is 124 Å². The Bertz CT molecular complexity index is 403. The van der Waals surface area contributed by atoms with Crippen LogP contribution in [0.4, 0.5) is 0 Å². The molecule has 0 aliphatic rings. The molecule has 0 unspecified atom stereocenters. The minimum atomic E-state index is -4.39. The van der Waals surface area contributed by atoms with Crippen molar-refractivity contribution < 1.29 is 25.2 Å². The first-order valence-corrected chi connectivity index (χ1v) is 9.50. The van der Waals surface area contributed by atoms with E-state index in [9.17, 15) is 16.8 Å². The van der Waals surface area contributed by atoms with Crippen molar-refractivity contribution >= 4 is 58.1 Å². The smallest absolute Gasteiger partial charge is 0.268 e. The monoisotopic (exact) mass is 356 g/mol. The zero-order chi connectivity index (χ0) is 14.4. The maximum atomic E-state index is 11.9. The molecule has 0 aromatic rings. The number of rotatable bonds is 9. The SMILES string of the molecule is CC(CS)(S(=O)(=O)OCCS)S(=O)(=O)OCCS. The third-order valence-corrected chi connectivity index (χ3v) is 8.01. The van der Waals surface area contributed by atoms with Crippen molar-refractivity contribution in [3.05, 3.63) is 0 Å². The molecule has 0 rings (SSSR count). The van der Waals surface area contributed by atoms with Gasteiger partial charge in [0.05, 0.1) is 13.2 Å². The molecular formula is C7H16O6S5. The van der Waals surface area contributed by atoms with Gasteiger partial charge in [0.2, 0.25) is 4.08 Å². The third-order valence-electron chi connectivity index (χ3n) is 2.00. The van der Waals surface area contributed by atoms with E-state index in [1.807, 2.05) is 0 Å². The van der Waals surface area contributed by atoms with E-state index in [0.717, 1.165) is 6.92 Å². The summed E-state index contributed by atoms with van der Waals surface area (Å²) < 4.78 is 54.3. The highest BCUT2D eigenvalue weighted by atomic mass is 32.3. The second kappa shape index (κ2) is 7.60. The van der Waals surface area contributed by atoms with Crippen molar-refractivity contribution in [3.63, 3.8) is 0 Å². The molecule has 0 radical (unpaired) electrons. The summed E-state index contributed by atoms with van der Waals surface area (Å²) in [6, 6.07) is 0. The van der Waals surface area contributed by atoms with Gasteiger partial charge in [-0.15, -0.1) is 0 Å². The summed E-state index contributed by atoms with van der Waals surface area (Å²) in [5.74, 6) is -0.213. The molecule has 0 aromatic carbocycles. The molecular weight excluding hydrogens is 340 g/mol. The van der Waals surface area contributed by atoms with Gasteiger partial charge in [-0.2, -0.15) is 54.7 Å². The lowest BCUT2D eigenvalue weighted by Gasteiger charge is -2.25. The van der Waals surface area contributed by atoms with Crippen LogP contribution in [0.25, 0.3) is 0 Å². The van der Waals surface area contributed by atoms with Gasteiger partial charge in [-0.25, -0.2) is 0 Å². The minimum Gasteiger partial charge on any atom is -0.268 e. The fourth-order valence-corrected chi connectivity index (χ4v) is 4.91. The Morgan fingerprint density at radius 1 is 0.889 bits per heavy atom. The molecule has 0 bridgehead atoms. The van der Waals surface area contributed by atoms with Gasteiger partial charge >= 0.3 is 0 Å². The van der Waals surface area contributed by atoms with E-state index in [-0.39, 0.29) is 24.7 Å². The maximum absolute atomic E-state index is 11.9. The van der Waals surface area contributed by atoms with Crippen LogP contribution in [-0.2, 0) is 28.6 Å². The molecule has 11 heteroatoms. The van der Waals surface area contributed by atoms with E-state index in [1.165, 1.54) is 0 Å². The second-order valence-electron chi connectivity index (χ2n) is 3.29. The lowest BCUT2D eigenvalue weighted by molar-refractivity contribution is 0.312. The zero-order valence-electron chi connectivity index (χ0n) is 9.64. The third kappa shape index (κ3) is 4.18. The molecule has 0 fully saturated rings. The summed E-state index contributed by atoms with van der Waals surface area (Å²) in [6.07, 6.45) is 0. The first-order chi connectivity index (χ1) is 8.18. The quantitative estimate of drug-likeness (QED) is 0.404. The first kappa shape index (κ1) is 18.9. The van der Waals surface area contributed by atoms with Crippen molar-refractivity contribution in [2.75, 3.05) is 30.5 Å². The molecule has 0 aromatic heterocycles. The normalized spacial score (nSPS) is 13.8. The van der Waals surface area contributed by atoms with Gasteiger partial charge in [0.1, 0.15) is 0 Å². The van der Waals surface area contributed by atoms with Crippen LogP contribution in [0.5, 0.6) is 0 Å². The van der Waals surface area contributed by atoms with E-state index >= 15 is 0 Å². The average molecular weight is 357 g/mol. The first-order valence-electron chi connectivity index (χ1n) is 4.79. The van der Waals surface area contributed by atoms with E-state index in [0.29, 0.717) is 0 Å². The van der Waals surface area contributed by atoms with E-state index in [4.69, 9.17) is 0 Å². The van der Waals surface area contributed by atoms with Crippen molar-refractivity contribution in [1.82, 2.24) is 0 Å². The van der Waals surface area contributed by atoms with Gasteiger partial charge in [-0.1, -0.05) is 0 Å². The van der Waals surface area contributed by atoms with Crippen LogP contribution in [-0.4, -0.2) is 51.4 Å². The highest BCUT2D eigenvalue weighted by molar-refractivity contribution is 8.07. The van der Waals surface area contributed by atoms with Crippen LogP contribution in [0.1, 0.15) is 6.92 Å². The number of thiol groups is 3. The lowest BCUT2D eigenvalue weighted by Crippen LogP contribution is -2.47. The Morgan fingerprint density at radius 3 is 1.44 bits per heavy atom.